The SMILES string of the molecule is CCCOc1ccc(CC(N)=[NH2+])cc1. The molecule has 0 spiro atoms. The van der Waals surface area contributed by atoms with E-state index in [0.717, 1.165) is 24.3 Å². The van der Waals surface area contributed by atoms with Gasteiger partial charge in [0, 0.05) is 0 Å². The summed E-state index contributed by atoms with van der Waals surface area (Å²) >= 11 is 0. The Hall–Kier alpha value is -1.51. The molecule has 76 valence electrons. The van der Waals surface area contributed by atoms with Crippen LogP contribution in [0.3, 0.4) is 0 Å². The summed E-state index contributed by atoms with van der Waals surface area (Å²) in [5.74, 6) is 1.33. The summed E-state index contributed by atoms with van der Waals surface area (Å²) in [4.78, 5) is 0. The molecule has 0 atom stereocenters. The monoisotopic (exact) mass is 193 g/mol. The lowest BCUT2D eigenvalue weighted by atomic mass is 10.1. The Morgan fingerprint density at radius 3 is 2.50 bits per heavy atom. The predicted molar refractivity (Wildman–Crippen MR) is 57.1 cm³/mol. The number of rotatable bonds is 5. The number of ether oxygens (including phenoxy) is 1. The molecule has 0 aliphatic carbocycles. The third-order valence-electron chi connectivity index (χ3n) is 1.80. The lowest BCUT2D eigenvalue weighted by Crippen LogP contribution is -2.46. The Morgan fingerprint density at radius 2 is 2.00 bits per heavy atom. The van der Waals surface area contributed by atoms with Gasteiger partial charge in [0.15, 0.2) is 0 Å². The smallest absolute Gasteiger partial charge is 0.242 e. The maximum Gasteiger partial charge on any atom is 0.242 e. The molecule has 1 rings (SSSR count). The molecular weight excluding hydrogens is 176 g/mol. The van der Waals surface area contributed by atoms with Gasteiger partial charge in [0.25, 0.3) is 0 Å². The van der Waals surface area contributed by atoms with Gasteiger partial charge in [0.1, 0.15) is 5.75 Å². The van der Waals surface area contributed by atoms with Gasteiger partial charge >= 0.3 is 0 Å². The van der Waals surface area contributed by atoms with Gasteiger partial charge in [-0.25, -0.2) is 0 Å². The van der Waals surface area contributed by atoms with Crippen LogP contribution in [0, 0.1) is 0 Å². The minimum atomic E-state index is 0.437. The first kappa shape index (κ1) is 10.6. The second-order valence-corrected chi connectivity index (χ2v) is 3.24. The van der Waals surface area contributed by atoms with Crippen molar-refractivity contribution in [2.45, 2.75) is 19.8 Å². The Balaban J connectivity index is 2.54. The molecule has 0 aromatic heterocycles. The molecule has 0 unspecified atom stereocenters. The molecule has 0 aliphatic rings. The fourth-order valence-corrected chi connectivity index (χ4v) is 1.16. The van der Waals surface area contributed by atoms with Crippen LogP contribution in [0.1, 0.15) is 18.9 Å². The van der Waals surface area contributed by atoms with Crippen molar-refractivity contribution < 1.29 is 10.1 Å². The zero-order valence-electron chi connectivity index (χ0n) is 8.49. The Labute approximate surface area is 84.4 Å². The summed E-state index contributed by atoms with van der Waals surface area (Å²) in [5, 5.41) is 5.41. The van der Waals surface area contributed by atoms with Gasteiger partial charge in [-0.2, -0.15) is 0 Å². The topological polar surface area (TPSA) is 60.8 Å². The molecule has 0 fully saturated rings. The van der Waals surface area contributed by atoms with Crippen LogP contribution in [0.5, 0.6) is 5.75 Å². The number of hydrogen-bond acceptors (Lipinski definition) is 1. The zero-order chi connectivity index (χ0) is 10.4. The third-order valence-corrected chi connectivity index (χ3v) is 1.80. The van der Waals surface area contributed by atoms with Crippen LogP contribution in [0.25, 0.3) is 0 Å². The van der Waals surface area contributed by atoms with Gasteiger partial charge in [-0.15, -0.1) is 0 Å². The first-order chi connectivity index (χ1) is 6.72. The van der Waals surface area contributed by atoms with E-state index in [4.69, 9.17) is 15.9 Å². The molecule has 4 N–H and O–H groups in total. The van der Waals surface area contributed by atoms with Crippen LogP contribution < -0.4 is 15.9 Å². The van der Waals surface area contributed by atoms with Crippen molar-refractivity contribution in [3.05, 3.63) is 29.8 Å². The van der Waals surface area contributed by atoms with Crippen LogP contribution in [-0.2, 0) is 6.42 Å². The molecule has 3 nitrogen and oxygen atoms in total. The van der Waals surface area contributed by atoms with Crippen molar-refractivity contribution in [1.29, 1.82) is 0 Å². The number of nitrogens with two attached hydrogens (primary N) is 2. The Bertz CT molecular complexity index is 293. The van der Waals surface area contributed by atoms with E-state index >= 15 is 0 Å². The van der Waals surface area contributed by atoms with E-state index in [9.17, 15) is 0 Å². The minimum absolute atomic E-state index is 0.437. The zero-order valence-corrected chi connectivity index (χ0v) is 8.49. The lowest BCUT2D eigenvalue weighted by molar-refractivity contribution is -0.117. The van der Waals surface area contributed by atoms with Crippen LogP contribution in [-0.4, -0.2) is 12.4 Å². The van der Waals surface area contributed by atoms with Gasteiger partial charge in [0.05, 0.1) is 13.0 Å². The number of amidine groups is 1. The van der Waals surface area contributed by atoms with E-state index < -0.39 is 0 Å². The van der Waals surface area contributed by atoms with Gasteiger partial charge in [0.2, 0.25) is 5.84 Å². The standard InChI is InChI=1S/C11H16N2O/c1-2-7-14-10-5-3-9(4-6-10)8-11(12)13/h3-6H,2,7-8H2,1H3,(H3,12,13)/p+1. The molecule has 0 aliphatic heterocycles. The minimum Gasteiger partial charge on any atom is -0.494 e. The summed E-state index contributed by atoms with van der Waals surface area (Å²) in [6, 6.07) is 7.83. The maximum atomic E-state index is 5.45. The van der Waals surface area contributed by atoms with Crippen molar-refractivity contribution in [2.75, 3.05) is 6.61 Å². The van der Waals surface area contributed by atoms with Gasteiger partial charge in [-0.05, 0) is 24.1 Å². The summed E-state index contributed by atoms with van der Waals surface area (Å²) < 4.78 is 5.45. The van der Waals surface area contributed by atoms with E-state index in [1.165, 1.54) is 0 Å². The highest BCUT2D eigenvalue weighted by Crippen LogP contribution is 2.12. The number of benzene rings is 1. The molecule has 1 aromatic rings. The fraction of sp³-hybridized carbons (Fsp3) is 0.364. The van der Waals surface area contributed by atoms with E-state index in [1.807, 2.05) is 24.3 Å². The van der Waals surface area contributed by atoms with Crippen LogP contribution in [0.2, 0.25) is 0 Å². The highest BCUT2D eigenvalue weighted by Gasteiger charge is 1.99. The highest BCUT2D eigenvalue weighted by molar-refractivity contribution is 5.76. The fourth-order valence-electron chi connectivity index (χ4n) is 1.16. The largest absolute Gasteiger partial charge is 0.494 e. The summed E-state index contributed by atoms with van der Waals surface area (Å²) in [6.07, 6.45) is 1.64. The summed E-state index contributed by atoms with van der Waals surface area (Å²) in [6.45, 7) is 2.84. The average Bonchev–Trinajstić information content (AvgIpc) is 2.16. The molecular formula is C11H17N2O+. The van der Waals surface area contributed by atoms with Crippen molar-refractivity contribution >= 4 is 5.84 Å². The predicted octanol–water partition coefficient (Wildman–Crippen LogP) is 0.134. The summed E-state index contributed by atoms with van der Waals surface area (Å²) in [7, 11) is 0. The molecule has 0 saturated heterocycles. The molecule has 1 aromatic carbocycles. The quantitative estimate of drug-likeness (QED) is 0.516. The highest BCUT2D eigenvalue weighted by atomic mass is 16.5. The first-order valence-electron chi connectivity index (χ1n) is 4.81. The normalized spacial score (nSPS) is 9.79. The molecule has 0 bridgehead atoms. The lowest BCUT2D eigenvalue weighted by Gasteiger charge is -2.04. The second-order valence-electron chi connectivity index (χ2n) is 3.24. The van der Waals surface area contributed by atoms with E-state index in [1.54, 1.807) is 0 Å². The van der Waals surface area contributed by atoms with Crippen LogP contribution in [0.4, 0.5) is 0 Å². The number of hydrogen-bond donors (Lipinski definition) is 2. The first-order valence-corrected chi connectivity index (χ1v) is 4.81. The van der Waals surface area contributed by atoms with Gasteiger partial charge < -0.3 is 4.74 Å². The van der Waals surface area contributed by atoms with Crippen molar-refractivity contribution in [3.8, 4) is 5.75 Å². The molecule has 3 heteroatoms. The molecule has 0 amide bonds. The Morgan fingerprint density at radius 1 is 1.36 bits per heavy atom. The van der Waals surface area contributed by atoms with E-state index in [-0.39, 0.29) is 0 Å². The third kappa shape index (κ3) is 3.47. The average molecular weight is 193 g/mol. The van der Waals surface area contributed by atoms with Crippen molar-refractivity contribution in [3.63, 3.8) is 0 Å². The maximum absolute atomic E-state index is 5.45. The molecule has 0 saturated carbocycles. The summed E-state index contributed by atoms with van der Waals surface area (Å²) in [5.41, 5.74) is 6.51. The van der Waals surface area contributed by atoms with E-state index in [2.05, 4.69) is 6.92 Å². The second kappa shape index (κ2) is 5.27. The van der Waals surface area contributed by atoms with Gasteiger partial charge in [-0.1, -0.05) is 19.1 Å². The molecule has 0 radical (unpaired) electrons. The van der Waals surface area contributed by atoms with Crippen LogP contribution in [0.15, 0.2) is 24.3 Å². The van der Waals surface area contributed by atoms with E-state index in [0.29, 0.717) is 12.3 Å². The van der Waals surface area contributed by atoms with Crippen molar-refractivity contribution in [1.82, 2.24) is 0 Å². The van der Waals surface area contributed by atoms with Gasteiger partial charge in [-0.3, -0.25) is 11.1 Å². The van der Waals surface area contributed by atoms with Crippen molar-refractivity contribution in [2.24, 2.45) is 5.73 Å². The molecule has 14 heavy (non-hydrogen) atoms. The molecule has 0 heterocycles. The Kier molecular flexibility index (Phi) is 3.98. The van der Waals surface area contributed by atoms with Crippen LogP contribution >= 0.6 is 0 Å².